The van der Waals surface area contributed by atoms with E-state index in [4.69, 9.17) is 0 Å². The fourth-order valence-corrected chi connectivity index (χ4v) is 5.79. The van der Waals surface area contributed by atoms with Crippen LogP contribution in [0, 0.1) is 5.92 Å². The van der Waals surface area contributed by atoms with E-state index in [1.54, 1.807) is 30.3 Å². The van der Waals surface area contributed by atoms with Crippen LogP contribution in [0.1, 0.15) is 63.9 Å². The molecule has 4 heteroatoms. The molecule has 5 rings (SSSR count). The third kappa shape index (κ3) is 3.89. The molecule has 3 aromatic carbocycles. The zero-order valence-corrected chi connectivity index (χ0v) is 18.7. The van der Waals surface area contributed by atoms with E-state index in [9.17, 15) is 14.7 Å². The number of amides is 1. The van der Waals surface area contributed by atoms with E-state index in [1.165, 1.54) is 0 Å². The van der Waals surface area contributed by atoms with Crippen molar-refractivity contribution in [2.75, 3.05) is 6.54 Å². The third-order valence-corrected chi connectivity index (χ3v) is 7.45. The van der Waals surface area contributed by atoms with Crippen molar-refractivity contribution in [2.24, 2.45) is 5.92 Å². The van der Waals surface area contributed by atoms with Gasteiger partial charge in [0.25, 0.3) is 5.91 Å². The molecule has 1 amide bonds. The Kier molecular flexibility index (Phi) is 5.86. The molecule has 1 aliphatic carbocycles. The Morgan fingerprint density at radius 2 is 1.39 bits per heavy atom. The Morgan fingerprint density at radius 3 is 2.12 bits per heavy atom. The second-order valence-electron chi connectivity index (χ2n) is 9.24. The predicted octanol–water partition coefficient (Wildman–Crippen LogP) is 5.21. The molecule has 1 saturated heterocycles. The van der Waals surface area contributed by atoms with Crippen molar-refractivity contribution in [1.82, 2.24) is 4.90 Å². The first-order valence-electron chi connectivity index (χ1n) is 11.9. The third-order valence-electron chi connectivity index (χ3n) is 7.45. The molecule has 4 nitrogen and oxygen atoms in total. The largest absolute Gasteiger partial charge is 0.385 e. The highest BCUT2D eigenvalue weighted by Gasteiger charge is 2.50. The number of carbonyl (C=O) groups is 2. The molecule has 1 aliphatic heterocycles. The van der Waals surface area contributed by atoms with Crippen molar-refractivity contribution >= 4 is 11.7 Å². The molecule has 0 bridgehead atoms. The molecule has 0 radical (unpaired) electrons. The summed E-state index contributed by atoms with van der Waals surface area (Å²) in [6.45, 7) is 0.471. The number of nitrogens with zero attached hydrogens (tertiary/aromatic N) is 1. The molecule has 168 valence electrons. The standard InChI is InChI=1S/C29H29NO3/c31-27(21-11-3-1-4-12-21)23-15-7-8-16-24(23)28(32)30-20-19-29(33,22-13-5-2-6-14-22)25-17-9-10-18-26(25)30/h1-8,11-16,25-26,33H,9-10,17-20H2/t25-,26?,29+/m1/s1. The van der Waals surface area contributed by atoms with E-state index in [1.807, 2.05) is 59.5 Å². The second kappa shape index (κ2) is 8.95. The first kappa shape index (κ1) is 21.6. The fourth-order valence-electron chi connectivity index (χ4n) is 5.79. The number of hydrogen-bond donors (Lipinski definition) is 1. The Hall–Kier alpha value is -3.24. The van der Waals surface area contributed by atoms with Crippen LogP contribution < -0.4 is 0 Å². The lowest BCUT2D eigenvalue weighted by Crippen LogP contribution is -2.59. The maximum Gasteiger partial charge on any atom is 0.254 e. The fraction of sp³-hybridized carbons (Fsp3) is 0.310. The number of ketones is 1. The molecule has 33 heavy (non-hydrogen) atoms. The normalized spacial score (nSPS) is 24.7. The lowest BCUT2D eigenvalue weighted by atomic mass is 9.66. The van der Waals surface area contributed by atoms with Crippen LogP contribution >= 0.6 is 0 Å². The van der Waals surface area contributed by atoms with Crippen molar-refractivity contribution in [1.29, 1.82) is 0 Å². The highest BCUT2D eigenvalue weighted by molar-refractivity contribution is 6.15. The highest BCUT2D eigenvalue weighted by Crippen LogP contribution is 2.47. The Balaban J connectivity index is 1.48. The smallest absolute Gasteiger partial charge is 0.254 e. The first-order chi connectivity index (χ1) is 16.1. The van der Waals surface area contributed by atoms with E-state index in [0.717, 1.165) is 31.2 Å². The van der Waals surface area contributed by atoms with Gasteiger partial charge in [-0.05, 0) is 30.9 Å². The number of piperidine rings is 1. The molecule has 0 spiro atoms. The molecule has 0 aromatic heterocycles. The topological polar surface area (TPSA) is 57.6 Å². The molecule has 3 aromatic rings. The zero-order valence-electron chi connectivity index (χ0n) is 18.7. The maximum absolute atomic E-state index is 13.9. The van der Waals surface area contributed by atoms with Crippen molar-refractivity contribution in [2.45, 2.75) is 43.7 Å². The summed E-state index contributed by atoms with van der Waals surface area (Å²) in [6, 6.07) is 26.1. The summed E-state index contributed by atoms with van der Waals surface area (Å²) < 4.78 is 0. The minimum Gasteiger partial charge on any atom is -0.385 e. The van der Waals surface area contributed by atoms with Gasteiger partial charge in [-0.1, -0.05) is 91.7 Å². The van der Waals surface area contributed by atoms with Crippen LogP contribution in [0.2, 0.25) is 0 Å². The van der Waals surface area contributed by atoms with Crippen LogP contribution in [-0.4, -0.2) is 34.3 Å². The van der Waals surface area contributed by atoms with Gasteiger partial charge in [-0.3, -0.25) is 9.59 Å². The van der Waals surface area contributed by atoms with Crippen LogP contribution in [0.15, 0.2) is 84.9 Å². The van der Waals surface area contributed by atoms with Gasteiger partial charge in [0.2, 0.25) is 0 Å². The number of rotatable bonds is 4. The minimum atomic E-state index is -0.928. The van der Waals surface area contributed by atoms with E-state index in [-0.39, 0.29) is 23.7 Å². The summed E-state index contributed by atoms with van der Waals surface area (Å²) in [4.78, 5) is 29.0. The summed E-state index contributed by atoms with van der Waals surface area (Å²) >= 11 is 0. The SMILES string of the molecule is O=C(c1ccccc1)c1ccccc1C(=O)N1CC[C@](O)(c2ccccc2)[C@@H]2CCCCC21. The lowest BCUT2D eigenvalue weighted by Gasteiger charge is -2.52. The highest BCUT2D eigenvalue weighted by atomic mass is 16.3. The lowest BCUT2D eigenvalue weighted by molar-refractivity contribution is -0.110. The first-order valence-corrected chi connectivity index (χ1v) is 11.9. The van der Waals surface area contributed by atoms with Crippen molar-refractivity contribution in [3.05, 3.63) is 107 Å². The van der Waals surface area contributed by atoms with Crippen molar-refractivity contribution in [3.8, 4) is 0 Å². The molecule has 1 N–H and O–H groups in total. The maximum atomic E-state index is 13.9. The van der Waals surface area contributed by atoms with Crippen LogP contribution in [0.4, 0.5) is 0 Å². The molecular weight excluding hydrogens is 410 g/mol. The average Bonchev–Trinajstić information content (AvgIpc) is 2.89. The van der Waals surface area contributed by atoms with Crippen molar-refractivity contribution in [3.63, 3.8) is 0 Å². The monoisotopic (exact) mass is 439 g/mol. The van der Waals surface area contributed by atoms with Crippen LogP contribution in [0.5, 0.6) is 0 Å². The van der Waals surface area contributed by atoms with Gasteiger partial charge in [0.15, 0.2) is 5.78 Å². The average molecular weight is 440 g/mol. The molecular formula is C29H29NO3. The molecule has 3 atom stereocenters. The van der Waals surface area contributed by atoms with Gasteiger partial charge < -0.3 is 10.0 Å². The zero-order chi connectivity index (χ0) is 22.8. The van der Waals surface area contributed by atoms with Gasteiger partial charge >= 0.3 is 0 Å². The van der Waals surface area contributed by atoms with Gasteiger partial charge in [-0.25, -0.2) is 0 Å². The van der Waals surface area contributed by atoms with Gasteiger partial charge in [-0.15, -0.1) is 0 Å². The quantitative estimate of drug-likeness (QED) is 0.568. The van der Waals surface area contributed by atoms with E-state index < -0.39 is 5.60 Å². The summed E-state index contributed by atoms with van der Waals surface area (Å²) in [5.74, 6) is -0.261. The summed E-state index contributed by atoms with van der Waals surface area (Å²) in [6.07, 6.45) is 4.37. The Labute approximate surface area is 194 Å². The molecule has 1 heterocycles. The minimum absolute atomic E-state index is 0.0108. The molecule has 2 fully saturated rings. The van der Waals surface area contributed by atoms with Crippen molar-refractivity contribution < 1.29 is 14.7 Å². The van der Waals surface area contributed by atoms with Crippen LogP contribution in [-0.2, 0) is 5.60 Å². The molecule has 2 aliphatic rings. The van der Waals surface area contributed by atoms with E-state index in [2.05, 4.69) is 0 Å². The number of likely N-dealkylation sites (tertiary alicyclic amines) is 1. The summed E-state index contributed by atoms with van der Waals surface area (Å²) in [7, 11) is 0. The number of carbonyl (C=O) groups excluding carboxylic acids is 2. The van der Waals surface area contributed by atoms with Crippen LogP contribution in [0.3, 0.4) is 0 Å². The number of fused-ring (bicyclic) bond motifs is 1. The number of hydrogen-bond acceptors (Lipinski definition) is 3. The second-order valence-corrected chi connectivity index (χ2v) is 9.24. The molecule has 1 saturated carbocycles. The Bertz CT molecular complexity index is 1140. The summed E-state index contributed by atoms with van der Waals surface area (Å²) in [5, 5.41) is 11.8. The van der Waals surface area contributed by atoms with E-state index in [0.29, 0.717) is 29.7 Å². The number of benzene rings is 3. The van der Waals surface area contributed by atoms with Gasteiger partial charge in [0.1, 0.15) is 0 Å². The Morgan fingerprint density at radius 1 is 0.788 bits per heavy atom. The van der Waals surface area contributed by atoms with Gasteiger partial charge in [0, 0.05) is 29.6 Å². The van der Waals surface area contributed by atoms with Gasteiger partial charge in [0.05, 0.1) is 11.2 Å². The van der Waals surface area contributed by atoms with Crippen LogP contribution in [0.25, 0.3) is 0 Å². The predicted molar refractivity (Wildman–Crippen MR) is 128 cm³/mol. The summed E-state index contributed by atoms with van der Waals surface area (Å²) in [5.41, 5.74) is 1.47. The van der Waals surface area contributed by atoms with Gasteiger partial charge in [-0.2, -0.15) is 0 Å². The van der Waals surface area contributed by atoms with E-state index >= 15 is 0 Å². The molecule has 1 unspecified atom stereocenters. The number of aliphatic hydroxyl groups is 1.